The van der Waals surface area contributed by atoms with Crippen LogP contribution in [-0.2, 0) is 10.0 Å². The lowest BCUT2D eigenvalue weighted by Crippen LogP contribution is -2.16. The van der Waals surface area contributed by atoms with E-state index in [4.69, 9.17) is 0 Å². The zero-order chi connectivity index (χ0) is 15.6. The van der Waals surface area contributed by atoms with E-state index in [0.29, 0.717) is 12.1 Å². The highest BCUT2D eigenvalue weighted by atomic mass is 32.2. The van der Waals surface area contributed by atoms with E-state index in [1.54, 1.807) is 0 Å². The van der Waals surface area contributed by atoms with Crippen molar-refractivity contribution in [2.75, 3.05) is 4.72 Å². The number of benzene rings is 1. The molecule has 110 valence electrons. The maximum absolute atomic E-state index is 13.6. The highest BCUT2D eigenvalue weighted by Crippen LogP contribution is 2.23. The Labute approximate surface area is 117 Å². The second-order valence-corrected chi connectivity index (χ2v) is 5.47. The summed E-state index contributed by atoms with van der Waals surface area (Å²) < 4.78 is 52.2. The van der Waals surface area contributed by atoms with Crippen molar-refractivity contribution in [2.45, 2.75) is 4.90 Å². The first-order valence-corrected chi connectivity index (χ1v) is 6.87. The van der Waals surface area contributed by atoms with Crippen LogP contribution in [0.2, 0.25) is 0 Å². The predicted molar refractivity (Wildman–Crippen MR) is 68.1 cm³/mol. The van der Waals surface area contributed by atoms with Gasteiger partial charge < -0.3 is 0 Å². The van der Waals surface area contributed by atoms with Crippen LogP contribution in [0.3, 0.4) is 0 Å². The number of nitro groups is 1. The normalized spacial score (nSPS) is 11.1. The molecule has 0 saturated heterocycles. The van der Waals surface area contributed by atoms with E-state index in [9.17, 15) is 27.3 Å². The second kappa shape index (κ2) is 5.40. The van der Waals surface area contributed by atoms with Gasteiger partial charge in [0.1, 0.15) is 16.5 Å². The number of aromatic nitrogens is 1. The molecule has 0 atom stereocenters. The summed E-state index contributed by atoms with van der Waals surface area (Å²) in [5.74, 6) is -2.49. The van der Waals surface area contributed by atoms with E-state index < -0.39 is 37.3 Å². The Morgan fingerprint density at radius 3 is 2.52 bits per heavy atom. The third kappa shape index (κ3) is 3.28. The van der Waals surface area contributed by atoms with E-state index in [1.807, 2.05) is 4.72 Å². The summed E-state index contributed by atoms with van der Waals surface area (Å²) in [5.41, 5.74) is -0.594. The largest absolute Gasteiger partial charge is 0.271 e. The monoisotopic (exact) mass is 315 g/mol. The molecule has 21 heavy (non-hydrogen) atoms. The summed E-state index contributed by atoms with van der Waals surface area (Å²) >= 11 is 0. The van der Waals surface area contributed by atoms with Gasteiger partial charge >= 0.3 is 0 Å². The molecule has 1 aromatic carbocycles. The summed E-state index contributed by atoms with van der Waals surface area (Å²) in [4.78, 5) is 12.1. The first-order valence-electron chi connectivity index (χ1n) is 5.39. The number of nitro benzene ring substituents is 1. The topological polar surface area (TPSA) is 102 Å². The van der Waals surface area contributed by atoms with Gasteiger partial charge in [0.15, 0.2) is 0 Å². The van der Waals surface area contributed by atoms with Crippen LogP contribution in [-0.4, -0.2) is 18.3 Å². The molecule has 0 unspecified atom stereocenters. The van der Waals surface area contributed by atoms with Crippen molar-refractivity contribution in [3.05, 3.63) is 58.3 Å². The van der Waals surface area contributed by atoms with Crippen LogP contribution in [0.1, 0.15) is 0 Å². The van der Waals surface area contributed by atoms with Crippen molar-refractivity contribution in [3.63, 3.8) is 0 Å². The lowest BCUT2D eigenvalue weighted by atomic mass is 10.3. The number of sulfonamides is 1. The molecule has 0 bridgehead atoms. The average Bonchev–Trinajstić information content (AvgIpc) is 2.38. The van der Waals surface area contributed by atoms with E-state index >= 15 is 0 Å². The average molecular weight is 315 g/mol. The molecule has 0 fully saturated rings. The summed E-state index contributed by atoms with van der Waals surface area (Å²) in [7, 11) is -4.48. The van der Waals surface area contributed by atoms with Gasteiger partial charge in [-0.15, -0.1) is 0 Å². The van der Waals surface area contributed by atoms with Gasteiger partial charge in [0.05, 0.1) is 4.92 Å². The first kappa shape index (κ1) is 14.8. The molecule has 0 saturated carbocycles. The Bertz CT molecular complexity index is 811. The van der Waals surface area contributed by atoms with E-state index in [0.717, 1.165) is 18.2 Å². The van der Waals surface area contributed by atoms with Gasteiger partial charge in [0, 0.05) is 12.1 Å². The molecule has 7 nitrogen and oxygen atoms in total. The smallest absolute Gasteiger partial charge is 0.263 e. The SMILES string of the molecule is O=[N+]([O-])c1ccc(F)c(S(=O)(=O)Nc2cccc(F)n2)c1. The Hall–Kier alpha value is -2.62. The molecule has 1 aromatic heterocycles. The standard InChI is InChI=1S/C11H7F2N3O4S/c12-8-5-4-7(16(17)18)6-9(8)21(19,20)15-11-3-1-2-10(13)14-11/h1-6H,(H,14,15). The molecule has 2 aromatic rings. The second-order valence-electron chi connectivity index (χ2n) is 3.82. The fourth-order valence-electron chi connectivity index (χ4n) is 1.47. The molecular formula is C11H7F2N3O4S. The van der Waals surface area contributed by atoms with Crippen LogP contribution in [0, 0.1) is 21.9 Å². The highest BCUT2D eigenvalue weighted by molar-refractivity contribution is 7.92. The Morgan fingerprint density at radius 1 is 1.19 bits per heavy atom. The van der Waals surface area contributed by atoms with Crippen molar-refractivity contribution >= 4 is 21.5 Å². The molecule has 1 N–H and O–H groups in total. The Morgan fingerprint density at radius 2 is 1.90 bits per heavy atom. The molecule has 0 spiro atoms. The highest BCUT2D eigenvalue weighted by Gasteiger charge is 2.23. The molecule has 0 radical (unpaired) electrons. The number of hydrogen-bond acceptors (Lipinski definition) is 5. The van der Waals surface area contributed by atoms with Gasteiger partial charge in [-0.25, -0.2) is 17.8 Å². The number of halogens is 2. The molecular weight excluding hydrogens is 308 g/mol. The van der Waals surface area contributed by atoms with Crippen molar-refractivity contribution in [1.82, 2.24) is 4.98 Å². The zero-order valence-electron chi connectivity index (χ0n) is 10.2. The predicted octanol–water partition coefficient (Wildman–Crippen LogP) is 2.07. The quantitative estimate of drug-likeness (QED) is 0.528. The fraction of sp³-hybridized carbons (Fsp3) is 0. The number of nitrogens with one attached hydrogen (secondary N) is 1. The van der Waals surface area contributed by atoms with Gasteiger partial charge in [0.25, 0.3) is 15.7 Å². The summed E-state index contributed by atoms with van der Waals surface area (Å²) in [6.45, 7) is 0. The third-order valence-corrected chi connectivity index (χ3v) is 3.74. The van der Waals surface area contributed by atoms with Crippen LogP contribution in [0.5, 0.6) is 0 Å². The minimum absolute atomic E-state index is 0.374. The molecule has 10 heteroatoms. The fourth-order valence-corrected chi connectivity index (χ4v) is 2.57. The minimum Gasteiger partial charge on any atom is -0.263 e. The van der Waals surface area contributed by atoms with E-state index in [2.05, 4.69) is 4.98 Å². The number of anilines is 1. The van der Waals surface area contributed by atoms with E-state index in [-0.39, 0.29) is 5.82 Å². The molecule has 0 aliphatic heterocycles. The molecule has 1 heterocycles. The van der Waals surface area contributed by atoms with Crippen LogP contribution < -0.4 is 4.72 Å². The van der Waals surface area contributed by atoms with Crippen molar-refractivity contribution in [1.29, 1.82) is 0 Å². The van der Waals surface area contributed by atoms with E-state index in [1.165, 1.54) is 6.07 Å². The molecule has 2 rings (SSSR count). The van der Waals surface area contributed by atoms with Crippen LogP contribution in [0.4, 0.5) is 20.3 Å². The first-order chi connectivity index (χ1) is 9.79. The number of pyridine rings is 1. The van der Waals surface area contributed by atoms with Gasteiger partial charge in [-0.05, 0) is 18.2 Å². The number of nitrogens with zero attached hydrogens (tertiary/aromatic N) is 2. The van der Waals surface area contributed by atoms with Gasteiger partial charge in [-0.2, -0.15) is 4.39 Å². The summed E-state index contributed by atoms with van der Waals surface area (Å²) in [5, 5.41) is 10.6. The van der Waals surface area contributed by atoms with Crippen LogP contribution in [0.15, 0.2) is 41.3 Å². The van der Waals surface area contributed by atoms with Crippen molar-refractivity contribution in [3.8, 4) is 0 Å². The molecule has 0 aliphatic rings. The van der Waals surface area contributed by atoms with Crippen molar-refractivity contribution in [2.24, 2.45) is 0 Å². The lowest BCUT2D eigenvalue weighted by Gasteiger charge is -2.08. The summed E-state index contributed by atoms with van der Waals surface area (Å²) in [6, 6.07) is 5.39. The number of rotatable bonds is 4. The number of hydrogen-bond donors (Lipinski definition) is 1. The van der Waals surface area contributed by atoms with Crippen LogP contribution in [0.25, 0.3) is 0 Å². The minimum atomic E-state index is -4.48. The van der Waals surface area contributed by atoms with Gasteiger partial charge in [-0.1, -0.05) is 6.07 Å². The third-order valence-electron chi connectivity index (χ3n) is 2.37. The Balaban J connectivity index is 2.44. The zero-order valence-corrected chi connectivity index (χ0v) is 11.0. The molecule has 0 amide bonds. The molecule has 0 aliphatic carbocycles. The summed E-state index contributed by atoms with van der Waals surface area (Å²) in [6.07, 6.45) is 0. The lowest BCUT2D eigenvalue weighted by molar-refractivity contribution is -0.385. The van der Waals surface area contributed by atoms with Gasteiger partial charge in [0.2, 0.25) is 5.95 Å². The maximum atomic E-state index is 13.6. The van der Waals surface area contributed by atoms with Gasteiger partial charge in [-0.3, -0.25) is 14.8 Å². The number of non-ortho nitro benzene ring substituents is 1. The maximum Gasteiger partial charge on any atom is 0.271 e. The Kier molecular flexibility index (Phi) is 3.80. The van der Waals surface area contributed by atoms with Crippen LogP contribution >= 0.6 is 0 Å². The van der Waals surface area contributed by atoms with Crippen molar-refractivity contribution < 1.29 is 22.1 Å².